The summed E-state index contributed by atoms with van der Waals surface area (Å²) in [4.78, 5) is 12.1. The fraction of sp³-hybridized carbons (Fsp3) is 0.450. The third kappa shape index (κ3) is 3.88. The molecule has 4 nitrogen and oxygen atoms in total. The normalized spacial score (nSPS) is 16.6. The van der Waals surface area contributed by atoms with E-state index in [2.05, 4.69) is 17.4 Å². The molecule has 0 aromatic heterocycles. The van der Waals surface area contributed by atoms with Gasteiger partial charge >= 0.3 is 0 Å². The Balaban J connectivity index is 1.47. The van der Waals surface area contributed by atoms with Gasteiger partial charge in [-0.3, -0.25) is 4.79 Å². The van der Waals surface area contributed by atoms with E-state index < -0.39 is 5.54 Å². The molecule has 24 heavy (non-hydrogen) atoms. The molecule has 2 aromatic rings. The lowest BCUT2D eigenvalue weighted by Gasteiger charge is -2.28. The van der Waals surface area contributed by atoms with Gasteiger partial charge in [0.15, 0.2) is 0 Å². The highest BCUT2D eigenvalue weighted by atomic mass is 16.5. The van der Waals surface area contributed by atoms with Crippen LogP contribution in [0.5, 0.6) is 5.75 Å². The molecule has 4 heteroatoms. The smallest absolute Gasteiger partial charge is 0.220 e. The SMILES string of the molecule is CC(CO)(NC(=O)CCCOc1cccc2ccccc12)C1CC1. The van der Waals surface area contributed by atoms with Crippen molar-refractivity contribution in [2.45, 2.75) is 38.1 Å². The van der Waals surface area contributed by atoms with E-state index in [9.17, 15) is 9.90 Å². The Kier molecular flexibility index (Phi) is 5.05. The molecule has 1 aliphatic rings. The molecule has 0 spiro atoms. The van der Waals surface area contributed by atoms with Crippen LogP contribution in [0.2, 0.25) is 0 Å². The van der Waals surface area contributed by atoms with Crippen LogP contribution in [-0.2, 0) is 4.79 Å². The minimum Gasteiger partial charge on any atom is -0.493 e. The van der Waals surface area contributed by atoms with Crippen molar-refractivity contribution in [2.24, 2.45) is 5.92 Å². The summed E-state index contributed by atoms with van der Waals surface area (Å²) in [6, 6.07) is 14.1. The number of hydrogen-bond donors (Lipinski definition) is 2. The standard InChI is InChI=1S/C20H25NO3/c1-20(14-22,16-11-12-16)21-19(23)10-5-13-24-18-9-4-7-15-6-2-3-8-17(15)18/h2-4,6-9,16,22H,5,10-14H2,1H3,(H,21,23). The quantitative estimate of drug-likeness (QED) is 0.732. The minimum absolute atomic E-state index is 0.00406. The van der Waals surface area contributed by atoms with Gasteiger partial charge in [0.2, 0.25) is 5.91 Å². The largest absolute Gasteiger partial charge is 0.493 e. The van der Waals surface area contributed by atoms with E-state index in [4.69, 9.17) is 4.74 Å². The number of carbonyl (C=O) groups excluding carboxylic acids is 1. The van der Waals surface area contributed by atoms with Crippen LogP contribution in [0, 0.1) is 5.92 Å². The van der Waals surface area contributed by atoms with Crippen LogP contribution in [0.3, 0.4) is 0 Å². The van der Waals surface area contributed by atoms with E-state index in [1.54, 1.807) is 0 Å². The van der Waals surface area contributed by atoms with Crippen molar-refractivity contribution in [3.63, 3.8) is 0 Å². The van der Waals surface area contributed by atoms with Gasteiger partial charge in [-0.15, -0.1) is 0 Å². The number of aliphatic hydroxyl groups is 1. The Morgan fingerprint density at radius 3 is 2.75 bits per heavy atom. The second-order valence-corrected chi connectivity index (χ2v) is 6.83. The maximum Gasteiger partial charge on any atom is 0.220 e. The van der Waals surface area contributed by atoms with Crippen molar-refractivity contribution in [1.29, 1.82) is 0 Å². The van der Waals surface area contributed by atoms with Crippen molar-refractivity contribution >= 4 is 16.7 Å². The molecular weight excluding hydrogens is 302 g/mol. The highest BCUT2D eigenvalue weighted by Gasteiger charge is 2.41. The average Bonchev–Trinajstić information content (AvgIpc) is 3.44. The number of hydrogen-bond acceptors (Lipinski definition) is 3. The first kappa shape index (κ1) is 16.8. The van der Waals surface area contributed by atoms with Gasteiger partial charge in [0.1, 0.15) is 5.75 Å². The zero-order valence-corrected chi connectivity index (χ0v) is 14.1. The van der Waals surface area contributed by atoms with E-state index in [0.717, 1.165) is 29.4 Å². The summed E-state index contributed by atoms with van der Waals surface area (Å²) in [5.41, 5.74) is -0.465. The van der Waals surface area contributed by atoms with E-state index in [1.807, 2.05) is 37.3 Å². The summed E-state index contributed by atoms with van der Waals surface area (Å²) in [6.45, 7) is 2.42. The zero-order chi connectivity index (χ0) is 17.0. The van der Waals surface area contributed by atoms with Crippen LogP contribution < -0.4 is 10.1 Å². The highest BCUT2D eigenvalue weighted by molar-refractivity contribution is 5.88. The predicted octanol–water partition coefficient (Wildman–Crippen LogP) is 3.28. The minimum atomic E-state index is -0.465. The summed E-state index contributed by atoms with van der Waals surface area (Å²) in [7, 11) is 0. The van der Waals surface area contributed by atoms with Crippen LogP contribution in [-0.4, -0.2) is 29.8 Å². The Labute approximate surface area is 142 Å². The highest BCUT2D eigenvalue weighted by Crippen LogP contribution is 2.39. The molecule has 128 valence electrons. The van der Waals surface area contributed by atoms with Crippen molar-refractivity contribution < 1.29 is 14.6 Å². The Hall–Kier alpha value is -2.07. The summed E-state index contributed by atoms with van der Waals surface area (Å²) < 4.78 is 5.86. The molecule has 0 bridgehead atoms. The fourth-order valence-corrected chi connectivity index (χ4v) is 3.11. The zero-order valence-electron chi connectivity index (χ0n) is 14.1. The van der Waals surface area contributed by atoms with Crippen LogP contribution in [0.4, 0.5) is 0 Å². The molecule has 3 rings (SSSR count). The summed E-state index contributed by atoms with van der Waals surface area (Å²) >= 11 is 0. The monoisotopic (exact) mass is 327 g/mol. The molecule has 1 amide bonds. The second kappa shape index (κ2) is 7.22. The lowest BCUT2D eigenvalue weighted by atomic mass is 9.96. The third-order valence-electron chi connectivity index (χ3n) is 4.79. The lowest BCUT2D eigenvalue weighted by Crippen LogP contribution is -2.50. The predicted molar refractivity (Wildman–Crippen MR) is 95.0 cm³/mol. The van der Waals surface area contributed by atoms with E-state index in [0.29, 0.717) is 25.4 Å². The van der Waals surface area contributed by atoms with Gasteiger partial charge in [-0.25, -0.2) is 0 Å². The van der Waals surface area contributed by atoms with Gasteiger partial charge in [0, 0.05) is 11.8 Å². The van der Waals surface area contributed by atoms with Gasteiger partial charge in [0.05, 0.1) is 18.8 Å². The van der Waals surface area contributed by atoms with Gasteiger partial charge in [-0.1, -0.05) is 36.4 Å². The number of carbonyl (C=O) groups is 1. The molecule has 0 radical (unpaired) electrons. The number of aliphatic hydroxyl groups excluding tert-OH is 1. The van der Waals surface area contributed by atoms with Gasteiger partial charge in [-0.05, 0) is 43.6 Å². The number of nitrogens with one attached hydrogen (secondary N) is 1. The number of amides is 1. The summed E-state index contributed by atoms with van der Waals surface area (Å²) in [6.07, 6.45) is 3.23. The van der Waals surface area contributed by atoms with E-state index in [1.165, 1.54) is 0 Å². The molecule has 2 aromatic carbocycles. The molecule has 2 N–H and O–H groups in total. The Morgan fingerprint density at radius 2 is 2.00 bits per heavy atom. The van der Waals surface area contributed by atoms with Crippen LogP contribution in [0.25, 0.3) is 10.8 Å². The number of benzene rings is 2. The first-order valence-corrected chi connectivity index (χ1v) is 8.65. The molecule has 1 atom stereocenters. The number of ether oxygens (including phenoxy) is 1. The maximum absolute atomic E-state index is 12.1. The van der Waals surface area contributed by atoms with Crippen LogP contribution >= 0.6 is 0 Å². The first-order valence-electron chi connectivity index (χ1n) is 8.65. The fourth-order valence-electron chi connectivity index (χ4n) is 3.11. The Morgan fingerprint density at radius 1 is 1.25 bits per heavy atom. The molecule has 0 aliphatic heterocycles. The first-order chi connectivity index (χ1) is 11.6. The molecule has 1 unspecified atom stereocenters. The molecule has 1 saturated carbocycles. The van der Waals surface area contributed by atoms with Crippen molar-refractivity contribution in [1.82, 2.24) is 5.32 Å². The van der Waals surface area contributed by atoms with Gasteiger partial charge < -0.3 is 15.2 Å². The molecule has 1 aliphatic carbocycles. The average molecular weight is 327 g/mol. The van der Waals surface area contributed by atoms with Crippen LogP contribution in [0.1, 0.15) is 32.6 Å². The maximum atomic E-state index is 12.1. The lowest BCUT2D eigenvalue weighted by molar-refractivity contribution is -0.124. The van der Waals surface area contributed by atoms with E-state index in [-0.39, 0.29) is 12.5 Å². The molecule has 1 fully saturated rings. The summed E-state index contributed by atoms with van der Waals surface area (Å²) in [5, 5.41) is 14.8. The molecular formula is C20H25NO3. The third-order valence-corrected chi connectivity index (χ3v) is 4.79. The number of fused-ring (bicyclic) bond motifs is 1. The van der Waals surface area contributed by atoms with Crippen molar-refractivity contribution in [3.05, 3.63) is 42.5 Å². The number of rotatable bonds is 8. The Bertz CT molecular complexity index is 706. The molecule has 0 saturated heterocycles. The van der Waals surface area contributed by atoms with Gasteiger partial charge in [-0.2, -0.15) is 0 Å². The van der Waals surface area contributed by atoms with Crippen molar-refractivity contribution in [3.8, 4) is 5.75 Å². The van der Waals surface area contributed by atoms with Crippen molar-refractivity contribution in [2.75, 3.05) is 13.2 Å². The topological polar surface area (TPSA) is 58.6 Å². The second-order valence-electron chi connectivity index (χ2n) is 6.83. The van der Waals surface area contributed by atoms with Crippen LogP contribution in [0.15, 0.2) is 42.5 Å². The molecule has 0 heterocycles. The summed E-state index contributed by atoms with van der Waals surface area (Å²) in [5.74, 6) is 1.25. The van der Waals surface area contributed by atoms with Gasteiger partial charge in [0.25, 0.3) is 0 Å². The van der Waals surface area contributed by atoms with E-state index >= 15 is 0 Å².